The predicted molar refractivity (Wildman–Crippen MR) is 46.5 cm³/mol. The average Bonchev–Trinajstić information content (AvgIpc) is 2.44. The van der Waals surface area contributed by atoms with Gasteiger partial charge in [0.25, 0.3) is 5.95 Å². The molecule has 2 aromatic heterocycles. The fourth-order valence-electron chi connectivity index (χ4n) is 1.04. The van der Waals surface area contributed by atoms with Crippen LogP contribution in [0.25, 0.3) is 5.65 Å². The molecule has 88 valence electrons. The molecule has 0 bridgehead atoms. The average molecular weight is 239 g/mol. The van der Waals surface area contributed by atoms with Crippen molar-refractivity contribution in [3.8, 4) is 0 Å². The van der Waals surface area contributed by atoms with Crippen LogP contribution >= 0.6 is 0 Å². The van der Waals surface area contributed by atoms with Gasteiger partial charge in [0.05, 0.1) is 7.05 Å². The maximum Gasteiger partial charge on any atom is 0.673 e. The second-order valence-electron chi connectivity index (χ2n) is 2.86. The van der Waals surface area contributed by atoms with Gasteiger partial charge in [0.1, 0.15) is 6.20 Å². The van der Waals surface area contributed by atoms with Gasteiger partial charge in [-0.25, -0.2) is 4.57 Å². The molecular weight excluding hydrogens is 232 g/mol. The number of fused-ring (bicyclic) bond motifs is 1. The molecule has 0 spiro atoms. The van der Waals surface area contributed by atoms with Crippen LogP contribution in [0.3, 0.4) is 0 Å². The maximum atomic E-state index is 12.5. The van der Waals surface area contributed by atoms with Crippen molar-refractivity contribution < 1.29 is 26.2 Å². The Bertz CT molecular complexity index is 474. The Morgan fingerprint density at radius 1 is 1.25 bits per heavy atom. The van der Waals surface area contributed by atoms with E-state index in [4.69, 9.17) is 0 Å². The summed E-state index contributed by atoms with van der Waals surface area (Å²) in [4.78, 5) is 0. The molecule has 0 unspecified atom stereocenters. The van der Waals surface area contributed by atoms with Gasteiger partial charge >= 0.3 is 12.9 Å². The molecule has 16 heavy (non-hydrogen) atoms. The summed E-state index contributed by atoms with van der Waals surface area (Å²) in [7, 11) is -4.12. The summed E-state index contributed by atoms with van der Waals surface area (Å²) in [6.45, 7) is 0. The van der Waals surface area contributed by atoms with E-state index in [-0.39, 0.29) is 0 Å². The zero-order chi connectivity index (χ0) is 12.3. The van der Waals surface area contributed by atoms with E-state index in [9.17, 15) is 21.7 Å². The van der Waals surface area contributed by atoms with Gasteiger partial charge in [-0.15, -0.1) is 0 Å². The van der Waals surface area contributed by atoms with Crippen molar-refractivity contribution >= 4 is 12.9 Å². The van der Waals surface area contributed by atoms with Gasteiger partial charge in [-0.2, -0.15) is 4.39 Å². The van der Waals surface area contributed by atoms with Gasteiger partial charge in [0.15, 0.2) is 6.20 Å². The van der Waals surface area contributed by atoms with E-state index in [1.807, 2.05) is 17.8 Å². The molecule has 9 heteroatoms. The first kappa shape index (κ1) is 12.4. The van der Waals surface area contributed by atoms with Crippen LogP contribution in [0, 0.1) is 5.95 Å². The van der Waals surface area contributed by atoms with Crippen LogP contribution in [0.4, 0.5) is 21.7 Å². The van der Waals surface area contributed by atoms with E-state index in [0.717, 1.165) is 5.65 Å². The monoisotopic (exact) mass is 239 g/mol. The number of hydrogen-bond acceptors (Lipinski definition) is 1. The first-order chi connectivity index (χ1) is 7.27. The third kappa shape index (κ3) is 3.83. The van der Waals surface area contributed by atoms with Gasteiger partial charge in [0, 0.05) is 12.1 Å². The van der Waals surface area contributed by atoms with Gasteiger partial charge in [0.2, 0.25) is 0 Å². The largest absolute Gasteiger partial charge is 0.673 e. The Labute approximate surface area is 87.2 Å². The highest BCUT2D eigenvalue weighted by Crippen LogP contribution is 2.06. The summed E-state index contributed by atoms with van der Waals surface area (Å²) in [6, 6.07) is 3.03. The molecule has 0 aliphatic rings. The van der Waals surface area contributed by atoms with E-state index in [2.05, 4.69) is 5.10 Å². The number of halogens is 5. The summed E-state index contributed by atoms with van der Waals surface area (Å²) in [5.41, 5.74) is 0.867. The predicted octanol–water partition coefficient (Wildman–Crippen LogP) is 1.60. The van der Waals surface area contributed by atoms with Crippen molar-refractivity contribution in [1.29, 1.82) is 0 Å². The Balaban J connectivity index is 0.000000221. The van der Waals surface area contributed by atoms with Crippen molar-refractivity contribution in [2.45, 2.75) is 0 Å². The van der Waals surface area contributed by atoms with E-state index < -0.39 is 13.2 Å². The van der Waals surface area contributed by atoms with Gasteiger partial charge in [-0.3, -0.25) is 0 Å². The van der Waals surface area contributed by atoms with Gasteiger partial charge < -0.3 is 17.3 Å². The highest BCUT2D eigenvalue weighted by molar-refractivity contribution is 6.50. The van der Waals surface area contributed by atoms with Crippen LogP contribution in [-0.2, 0) is 7.05 Å². The zero-order valence-corrected chi connectivity index (χ0v) is 8.12. The Kier molecular flexibility index (Phi) is 3.46. The van der Waals surface area contributed by atoms with Crippen LogP contribution in [-0.4, -0.2) is 16.9 Å². The molecule has 2 heterocycles. The van der Waals surface area contributed by atoms with Crippen molar-refractivity contribution in [3.05, 3.63) is 30.5 Å². The zero-order valence-electron chi connectivity index (χ0n) is 8.12. The lowest BCUT2D eigenvalue weighted by Gasteiger charge is -1.94. The molecule has 3 nitrogen and oxygen atoms in total. The van der Waals surface area contributed by atoms with Crippen molar-refractivity contribution in [3.63, 3.8) is 0 Å². The Morgan fingerprint density at radius 2 is 1.81 bits per heavy atom. The van der Waals surface area contributed by atoms with E-state index in [0.29, 0.717) is 0 Å². The van der Waals surface area contributed by atoms with Gasteiger partial charge in [-0.1, -0.05) is 4.52 Å². The molecule has 0 atom stereocenters. The number of nitrogens with zero attached hydrogens (tertiary/aromatic N) is 3. The third-order valence-corrected chi connectivity index (χ3v) is 1.60. The molecule has 0 aliphatic carbocycles. The summed E-state index contributed by atoms with van der Waals surface area (Å²) < 4.78 is 54.9. The lowest BCUT2D eigenvalue weighted by Crippen LogP contribution is -2.25. The molecule has 0 radical (unpaired) electrons. The maximum absolute atomic E-state index is 12.5. The van der Waals surface area contributed by atoms with Crippen molar-refractivity contribution in [1.82, 2.24) is 9.67 Å². The molecule has 0 N–H and O–H groups in total. The lowest BCUT2D eigenvalue weighted by atomic mass is 10.3. The molecule has 0 saturated carbocycles. The number of aryl methyl sites for hydroxylation is 1. The molecule has 0 saturated heterocycles. The smallest absolute Gasteiger partial charge is 0.418 e. The van der Waals surface area contributed by atoms with Crippen LogP contribution < -0.4 is 4.52 Å². The van der Waals surface area contributed by atoms with Crippen LogP contribution in [0.1, 0.15) is 0 Å². The number of imidazole rings is 1. The van der Waals surface area contributed by atoms with Crippen LogP contribution in [0.15, 0.2) is 24.5 Å². The fourth-order valence-corrected chi connectivity index (χ4v) is 1.04. The summed E-state index contributed by atoms with van der Waals surface area (Å²) in [5, 5.41) is 3.63. The number of aromatic nitrogens is 3. The highest BCUT2D eigenvalue weighted by atomic mass is 19.5. The molecule has 0 fully saturated rings. The SMILES string of the molecule is Cn1cc[n+]2nc(F)ccc12.F[B-](F)(F)F. The van der Waals surface area contributed by atoms with Crippen molar-refractivity contribution in [2.24, 2.45) is 7.05 Å². The second-order valence-corrected chi connectivity index (χ2v) is 2.86. The molecule has 2 aromatic rings. The van der Waals surface area contributed by atoms with E-state index >= 15 is 0 Å². The van der Waals surface area contributed by atoms with Gasteiger partial charge in [-0.05, 0) is 5.10 Å². The Morgan fingerprint density at radius 3 is 2.38 bits per heavy atom. The Hall–Kier alpha value is -1.67. The highest BCUT2D eigenvalue weighted by Gasteiger charge is 2.20. The van der Waals surface area contributed by atoms with E-state index in [1.54, 1.807) is 12.3 Å². The first-order valence-electron chi connectivity index (χ1n) is 4.14. The molecule has 0 amide bonds. The summed E-state index contributed by atoms with van der Waals surface area (Å²) in [5.74, 6) is -0.464. The summed E-state index contributed by atoms with van der Waals surface area (Å²) >= 11 is 0. The van der Waals surface area contributed by atoms with Crippen molar-refractivity contribution in [2.75, 3.05) is 0 Å². The molecule has 0 aromatic carbocycles. The lowest BCUT2D eigenvalue weighted by molar-refractivity contribution is -0.583. The quantitative estimate of drug-likeness (QED) is 0.388. The minimum Gasteiger partial charge on any atom is -0.418 e. The topological polar surface area (TPSA) is 21.9 Å². The third-order valence-electron chi connectivity index (χ3n) is 1.60. The molecular formula is C7H7BF5N3. The number of rotatable bonds is 0. The number of hydrogen-bond donors (Lipinski definition) is 0. The molecule has 0 aliphatic heterocycles. The first-order valence-corrected chi connectivity index (χ1v) is 4.14. The van der Waals surface area contributed by atoms with Crippen LogP contribution in [0.5, 0.6) is 0 Å². The second kappa shape index (κ2) is 4.46. The summed E-state index contributed by atoms with van der Waals surface area (Å²) in [6.07, 6.45) is 3.53. The van der Waals surface area contributed by atoms with E-state index in [1.165, 1.54) is 10.6 Å². The minimum atomic E-state index is -6.00. The normalized spacial score (nSPS) is 11.1. The molecule has 2 rings (SSSR count). The standard InChI is InChI=1S/C7H7FN3.BF4/c1-10-4-5-11-7(10)3-2-6(8)9-11;2-1(3,4)5/h2-5H,1H3;/q+1;-1. The fraction of sp³-hybridized carbons (Fsp3) is 0.143. The minimum absolute atomic E-state index is 0.464. The van der Waals surface area contributed by atoms with Crippen LogP contribution in [0.2, 0.25) is 0 Å².